The molecule has 1 fully saturated rings. The lowest BCUT2D eigenvalue weighted by Gasteiger charge is -2.23. The van der Waals surface area contributed by atoms with Gasteiger partial charge in [-0.05, 0) is 31.0 Å². The van der Waals surface area contributed by atoms with E-state index in [0.717, 1.165) is 11.3 Å². The number of allylic oxidation sites excluding steroid dienone is 1. The summed E-state index contributed by atoms with van der Waals surface area (Å²) in [5.74, 6) is 1.14. The summed E-state index contributed by atoms with van der Waals surface area (Å²) in [5.41, 5.74) is 1.86. The topological polar surface area (TPSA) is 49.4 Å². The predicted octanol–water partition coefficient (Wildman–Crippen LogP) is 2.80. The Morgan fingerprint density at radius 3 is 3.05 bits per heavy atom. The quantitative estimate of drug-likeness (QED) is 0.851. The zero-order chi connectivity index (χ0) is 15.2. The summed E-state index contributed by atoms with van der Waals surface area (Å²) < 4.78 is 0. The SMILES string of the molecule is C=CCCC(=O)N1CSCC1C(=O)Nc1cccc(C)c1. The van der Waals surface area contributed by atoms with Gasteiger partial charge < -0.3 is 10.2 Å². The smallest absolute Gasteiger partial charge is 0.248 e. The lowest BCUT2D eigenvalue weighted by Crippen LogP contribution is -2.44. The van der Waals surface area contributed by atoms with E-state index in [4.69, 9.17) is 0 Å². The lowest BCUT2D eigenvalue weighted by atomic mass is 10.2. The van der Waals surface area contributed by atoms with Crippen molar-refractivity contribution in [2.45, 2.75) is 25.8 Å². The maximum atomic E-state index is 12.4. The fourth-order valence-electron chi connectivity index (χ4n) is 2.22. The summed E-state index contributed by atoms with van der Waals surface area (Å²) in [7, 11) is 0. The minimum Gasteiger partial charge on any atom is -0.324 e. The molecule has 1 heterocycles. The zero-order valence-corrected chi connectivity index (χ0v) is 13.0. The molecule has 1 aliphatic rings. The highest BCUT2D eigenvalue weighted by Gasteiger charge is 2.34. The van der Waals surface area contributed by atoms with Crippen molar-refractivity contribution in [3.05, 3.63) is 42.5 Å². The van der Waals surface area contributed by atoms with Gasteiger partial charge in [0.15, 0.2) is 0 Å². The second-order valence-electron chi connectivity index (χ2n) is 5.07. The fourth-order valence-corrected chi connectivity index (χ4v) is 3.40. The maximum Gasteiger partial charge on any atom is 0.248 e. The van der Waals surface area contributed by atoms with Crippen LogP contribution in [0.15, 0.2) is 36.9 Å². The van der Waals surface area contributed by atoms with E-state index in [2.05, 4.69) is 11.9 Å². The van der Waals surface area contributed by atoms with E-state index in [-0.39, 0.29) is 17.9 Å². The number of carbonyl (C=O) groups excluding carboxylic acids is 2. The summed E-state index contributed by atoms with van der Waals surface area (Å²) >= 11 is 1.61. The zero-order valence-electron chi connectivity index (χ0n) is 12.2. The Hall–Kier alpha value is -1.75. The molecular weight excluding hydrogens is 284 g/mol. The van der Waals surface area contributed by atoms with Crippen LogP contribution in [-0.4, -0.2) is 34.4 Å². The molecule has 0 spiro atoms. The average molecular weight is 304 g/mol. The number of anilines is 1. The van der Waals surface area contributed by atoms with Crippen LogP contribution in [-0.2, 0) is 9.59 Å². The number of nitrogens with one attached hydrogen (secondary N) is 1. The second-order valence-corrected chi connectivity index (χ2v) is 6.07. The van der Waals surface area contributed by atoms with Gasteiger partial charge in [0.2, 0.25) is 11.8 Å². The number of thioether (sulfide) groups is 1. The Bertz CT molecular complexity index is 545. The van der Waals surface area contributed by atoms with Crippen LogP contribution >= 0.6 is 11.8 Å². The van der Waals surface area contributed by atoms with Crippen molar-refractivity contribution in [3.63, 3.8) is 0 Å². The predicted molar refractivity (Wildman–Crippen MR) is 87.2 cm³/mol. The third-order valence-corrected chi connectivity index (χ3v) is 4.37. The minimum absolute atomic E-state index is 0.0179. The van der Waals surface area contributed by atoms with Crippen molar-refractivity contribution in [2.75, 3.05) is 16.9 Å². The first-order chi connectivity index (χ1) is 10.1. The van der Waals surface area contributed by atoms with E-state index in [1.165, 1.54) is 0 Å². The molecule has 1 saturated heterocycles. The van der Waals surface area contributed by atoms with Gasteiger partial charge in [-0.25, -0.2) is 0 Å². The molecule has 0 bridgehead atoms. The standard InChI is InChI=1S/C16H20N2O2S/c1-3-4-8-15(19)18-11-21-10-14(18)16(20)17-13-7-5-6-12(2)9-13/h3,5-7,9,14H,1,4,8,10-11H2,2H3,(H,17,20). The van der Waals surface area contributed by atoms with Crippen LogP contribution < -0.4 is 5.32 Å². The first kappa shape index (κ1) is 15.6. The van der Waals surface area contributed by atoms with Gasteiger partial charge in [-0.3, -0.25) is 9.59 Å². The van der Waals surface area contributed by atoms with Crippen LogP contribution in [0, 0.1) is 6.92 Å². The number of rotatable bonds is 5. The lowest BCUT2D eigenvalue weighted by molar-refractivity contribution is -0.136. The van der Waals surface area contributed by atoms with Crippen LogP contribution in [0.1, 0.15) is 18.4 Å². The maximum absolute atomic E-state index is 12.4. The summed E-state index contributed by atoms with van der Waals surface area (Å²) in [6.45, 7) is 5.60. The van der Waals surface area contributed by atoms with Gasteiger partial charge in [-0.15, -0.1) is 18.3 Å². The second kappa shape index (κ2) is 7.31. The highest BCUT2D eigenvalue weighted by Crippen LogP contribution is 2.23. The summed E-state index contributed by atoms with van der Waals surface area (Å²) in [6, 6.07) is 7.28. The molecule has 0 saturated carbocycles. The number of hydrogen-bond acceptors (Lipinski definition) is 3. The van der Waals surface area contributed by atoms with Gasteiger partial charge in [0, 0.05) is 17.9 Å². The van der Waals surface area contributed by atoms with Crippen LogP contribution in [0.2, 0.25) is 0 Å². The normalized spacial score (nSPS) is 17.6. The van der Waals surface area contributed by atoms with Gasteiger partial charge in [0.1, 0.15) is 6.04 Å². The van der Waals surface area contributed by atoms with Gasteiger partial charge in [0.05, 0.1) is 5.88 Å². The average Bonchev–Trinajstić information content (AvgIpc) is 2.94. The molecule has 1 N–H and O–H groups in total. The Morgan fingerprint density at radius 2 is 2.33 bits per heavy atom. The third-order valence-electron chi connectivity index (χ3n) is 3.35. The molecule has 0 radical (unpaired) electrons. The van der Waals surface area contributed by atoms with E-state index in [9.17, 15) is 9.59 Å². The first-order valence-corrected chi connectivity index (χ1v) is 8.13. The Morgan fingerprint density at radius 1 is 1.52 bits per heavy atom. The van der Waals surface area contributed by atoms with Crippen molar-refractivity contribution < 1.29 is 9.59 Å². The van der Waals surface area contributed by atoms with Crippen molar-refractivity contribution in [1.82, 2.24) is 4.90 Å². The molecular formula is C16H20N2O2S. The van der Waals surface area contributed by atoms with E-state index < -0.39 is 0 Å². The Kier molecular flexibility index (Phi) is 5.44. The van der Waals surface area contributed by atoms with Gasteiger partial charge >= 0.3 is 0 Å². The minimum atomic E-state index is -0.382. The molecule has 2 rings (SSSR count). The van der Waals surface area contributed by atoms with E-state index in [1.54, 1.807) is 22.7 Å². The third kappa shape index (κ3) is 4.11. The van der Waals surface area contributed by atoms with Gasteiger partial charge in [0.25, 0.3) is 0 Å². The van der Waals surface area contributed by atoms with Crippen LogP contribution in [0.5, 0.6) is 0 Å². The van der Waals surface area contributed by atoms with Gasteiger partial charge in [-0.2, -0.15) is 0 Å². The Balaban J connectivity index is 2.00. The monoisotopic (exact) mass is 304 g/mol. The first-order valence-electron chi connectivity index (χ1n) is 6.97. The molecule has 0 aromatic heterocycles. The molecule has 1 unspecified atom stereocenters. The van der Waals surface area contributed by atoms with Gasteiger partial charge in [-0.1, -0.05) is 18.2 Å². The summed E-state index contributed by atoms with van der Waals surface area (Å²) in [4.78, 5) is 26.2. The van der Waals surface area contributed by atoms with Crippen LogP contribution in [0.4, 0.5) is 5.69 Å². The largest absolute Gasteiger partial charge is 0.324 e. The number of hydrogen-bond donors (Lipinski definition) is 1. The number of amides is 2. The molecule has 5 heteroatoms. The van der Waals surface area contributed by atoms with Crippen molar-refractivity contribution in [1.29, 1.82) is 0 Å². The molecule has 2 amide bonds. The number of nitrogens with zero attached hydrogens (tertiary/aromatic N) is 1. The van der Waals surface area contributed by atoms with E-state index in [0.29, 0.717) is 24.5 Å². The summed E-state index contributed by atoms with van der Waals surface area (Å²) in [5, 5.41) is 2.90. The van der Waals surface area contributed by atoms with Crippen molar-refractivity contribution in [2.24, 2.45) is 0 Å². The molecule has 1 aromatic rings. The van der Waals surface area contributed by atoms with Crippen molar-refractivity contribution >= 4 is 29.3 Å². The van der Waals surface area contributed by atoms with E-state index >= 15 is 0 Å². The Labute approximate surface area is 129 Å². The molecule has 1 atom stereocenters. The number of benzene rings is 1. The molecule has 112 valence electrons. The van der Waals surface area contributed by atoms with E-state index in [1.807, 2.05) is 31.2 Å². The number of carbonyl (C=O) groups is 2. The fraction of sp³-hybridized carbons (Fsp3) is 0.375. The molecule has 0 aliphatic carbocycles. The molecule has 1 aliphatic heterocycles. The molecule has 1 aromatic carbocycles. The van der Waals surface area contributed by atoms with Crippen molar-refractivity contribution in [3.8, 4) is 0 Å². The highest BCUT2D eigenvalue weighted by molar-refractivity contribution is 7.99. The molecule has 4 nitrogen and oxygen atoms in total. The molecule has 21 heavy (non-hydrogen) atoms. The van der Waals surface area contributed by atoms with Crippen LogP contribution in [0.25, 0.3) is 0 Å². The van der Waals surface area contributed by atoms with Crippen LogP contribution in [0.3, 0.4) is 0 Å². The summed E-state index contributed by atoms with van der Waals surface area (Å²) in [6.07, 6.45) is 2.79. The highest BCUT2D eigenvalue weighted by atomic mass is 32.2. The number of aryl methyl sites for hydroxylation is 1.